The zero-order valence-corrected chi connectivity index (χ0v) is 14.8. The van der Waals surface area contributed by atoms with Crippen molar-refractivity contribution in [1.29, 1.82) is 0 Å². The van der Waals surface area contributed by atoms with Crippen molar-refractivity contribution in [2.75, 3.05) is 7.11 Å². The van der Waals surface area contributed by atoms with E-state index in [1.807, 2.05) is 6.20 Å². The van der Waals surface area contributed by atoms with E-state index in [-0.39, 0.29) is 5.56 Å². The smallest absolute Gasteiger partial charge is 0.490 e. The molecule has 27 heavy (non-hydrogen) atoms. The van der Waals surface area contributed by atoms with E-state index >= 15 is 0 Å². The number of alkyl halides is 3. The fourth-order valence-corrected chi connectivity index (χ4v) is 2.16. The monoisotopic (exact) mass is 388 g/mol. The lowest BCUT2D eigenvalue weighted by atomic mass is 10.1. The van der Waals surface area contributed by atoms with Crippen LogP contribution in [0.1, 0.15) is 41.5 Å². The van der Waals surface area contributed by atoms with Crippen LogP contribution in [0.5, 0.6) is 5.75 Å². The molecule has 0 bridgehead atoms. The lowest BCUT2D eigenvalue weighted by Gasteiger charge is -2.12. The summed E-state index contributed by atoms with van der Waals surface area (Å²) < 4.78 is 38.9. The van der Waals surface area contributed by atoms with Crippen LogP contribution >= 0.6 is 0 Å². The van der Waals surface area contributed by atoms with Crippen LogP contribution in [0.4, 0.5) is 13.2 Å². The molecular formula is C17H19F3N2O5. The quantitative estimate of drug-likeness (QED) is 0.814. The van der Waals surface area contributed by atoms with Crippen LogP contribution < -0.4 is 4.74 Å². The van der Waals surface area contributed by atoms with Gasteiger partial charge in [-0.3, -0.25) is 0 Å². The first-order chi connectivity index (χ1) is 12.5. The maximum Gasteiger partial charge on any atom is 0.490 e. The van der Waals surface area contributed by atoms with E-state index in [9.17, 15) is 18.0 Å². The van der Waals surface area contributed by atoms with Crippen molar-refractivity contribution >= 4 is 11.9 Å². The Morgan fingerprint density at radius 1 is 1.26 bits per heavy atom. The van der Waals surface area contributed by atoms with Crippen molar-refractivity contribution in [1.82, 2.24) is 9.55 Å². The molecule has 148 valence electrons. The van der Waals surface area contributed by atoms with Gasteiger partial charge >= 0.3 is 18.1 Å². The van der Waals surface area contributed by atoms with Gasteiger partial charge in [-0.15, -0.1) is 0 Å². The summed E-state index contributed by atoms with van der Waals surface area (Å²) in [5.41, 5.74) is 1.15. The number of benzene rings is 1. The molecule has 0 atom stereocenters. The van der Waals surface area contributed by atoms with Gasteiger partial charge < -0.3 is 19.5 Å². The Kier molecular flexibility index (Phi) is 7.38. The molecule has 0 radical (unpaired) electrons. The highest BCUT2D eigenvalue weighted by molar-refractivity contribution is 5.90. The molecule has 2 N–H and O–H groups in total. The van der Waals surface area contributed by atoms with E-state index in [0.717, 1.165) is 11.4 Å². The Bertz CT molecular complexity index is 800. The van der Waals surface area contributed by atoms with Crippen molar-refractivity contribution in [3.05, 3.63) is 47.5 Å². The summed E-state index contributed by atoms with van der Waals surface area (Å²) >= 11 is 0. The minimum Gasteiger partial charge on any atom is -0.496 e. The first kappa shape index (κ1) is 22.0. The number of methoxy groups -OCH3 is 1. The van der Waals surface area contributed by atoms with Crippen LogP contribution in [-0.4, -0.2) is 45.0 Å². The number of ether oxygens (including phenoxy) is 1. The number of carboxylic acids is 2. The van der Waals surface area contributed by atoms with Gasteiger partial charge in [-0.2, -0.15) is 13.2 Å². The molecule has 0 aliphatic heterocycles. The molecule has 0 spiro atoms. The fraction of sp³-hybridized carbons (Fsp3) is 0.353. The van der Waals surface area contributed by atoms with Gasteiger partial charge in [0, 0.05) is 24.9 Å². The highest BCUT2D eigenvalue weighted by atomic mass is 19.4. The summed E-state index contributed by atoms with van der Waals surface area (Å²) in [5.74, 6) is -2.02. The number of carboxylic acid groups (broad SMARTS) is 2. The summed E-state index contributed by atoms with van der Waals surface area (Å²) in [6, 6.07) is 5.13. The van der Waals surface area contributed by atoms with Crippen LogP contribution in [0.25, 0.3) is 0 Å². The highest BCUT2D eigenvalue weighted by Gasteiger charge is 2.38. The molecule has 0 fully saturated rings. The van der Waals surface area contributed by atoms with Crippen molar-refractivity contribution in [2.45, 2.75) is 32.5 Å². The molecule has 2 aromatic rings. The van der Waals surface area contributed by atoms with Gasteiger partial charge in [-0.1, -0.05) is 19.9 Å². The van der Waals surface area contributed by atoms with Crippen LogP contribution in [0, 0.1) is 0 Å². The maximum atomic E-state index is 11.1. The molecule has 0 unspecified atom stereocenters. The summed E-state index contributed by atoms with van der Waals surface area (Å²) in [5, 5.41) is 16.2. The van der Waals surface area contributed by atoms with Crippen LogP contribution in [0.2, 0.25) is 0 Å². The first-order valence-electron chi connectivity index (χ1n) is 7.68. The van der Waals surface area contributed by atoms with Gasteiger partial charge in [-0.05, 0) is 17.7 Å². The van der Waals surface area contributed by atoms with E-state index in [1.165, 1.54) is 7.11 Å². The summed E-state index contributed by atoms with van der Waals surface area (Å²) in [4.78, 5) is 24.3. The Balaban J connectivity index is 0.000000445. The molecule has 0 amide bonds. The largest absolute Gasteiger partial charge is 0.496 e. The summed E-state index contributed by atoms with van der Waals surface area (Å²) in [7, 11) is 1.47. The van der Waals surface area contributed by atoms with E-state index in [2.05, 4.69) is 23.4 Å². The fourth-order valence-electron chi connectivity index (χ4n) is 2.16. The number of rotatable bonds is 5. The van der Waals surface area contributed by atoms with E-state index in [1.54, 1.807) is 24.4 Å². The zero-order chi connectivity index (χ0) is 20.8. The molecule has 2 rings (SSSR count). The number of halogens is 3. The van der Waals surface area contributed by atoms with Gasteiger partial charge in [0.05, 0.1) is 7.11 Å². The normalized spacial score (nSPS) is 10.9. The minimum atomic E-state index is -5.08. The minimum absolute atomic E-state index is 0.172. The van der Waals surface area contributed by atoms with E-state index in [0.29, 0.717) is 18.2 Å². The second-order valence-corrected chi connectivity index (χ2v) is 5.71. The number of carbonyl (C=O) groups is 2. The predicted octanol–water partition coefficient (Wildman–Crippen LogP) is 3.39. The van der Waals surface area contributed by atoms with Crippen molar-refractivity contribution in [2.24, 2.45) is 0 Å². The third-order valence-corrected chi connectivity index (χ3v) is 3.36. The number of hydrogen-bond acceptors (Lipinski definition) is 4. The standard InChI is InChI=1S/C15H18N2O3.C2HF3O2/c1-10(2)14-16-6-7-17(14)9-11-4-5-12(15(18)19)13(8-11)20-3;3-2(4,5)1(6)7/h4-8,10H,9H2,1-3H3,(H,18,19);(H,6,7). The van der Waals surface area contributed by atoms with Crippen LogP contribution in [0.3, 0.4) is 0 Å². The molecule has 1 aromatic carbocycles. The zero-order valence-electron chi connectivity index (χ0n) is 14.8. The van der Waals surface area contributed by atoms with Crippen molar-refractivity contribution in [3.8, 4) is 5.75 Å². The molecule has 0 aliphatic carbocycles. The predicted molar refractivity (Wildman–Crippen MR) is 89.1 cm³/mol. The number of aromatic carboxylic acids is 1. The molecule has 7 nitrogen and oxygen atoms in total. The second kappa shape index (κ2) is 9.06. The van der Waals surface area contributed by atoms with Crippen molar-refractivity contribution < 1.29 is 37.7 Å². The van der Waals surface area contributed by atoms with E-state index in [4.69, 9.17) is 19.7 Å². The molecular weight excluding hydrogens is 369 g/mol. The molecule has 1 heterocycles. The maximum absolute atomic E-state index is 11.1. The average Bonchev–Trinajstić information content (AvgIpc) is 3.02. The average molecular weight is 388 g/mol. The third-order valence-electron chi connectivity index (χ3n) is 3.36. The Morgan fingerprint density at radius 3 is 2.30 bits per heavy atom. The van der Waals surface area contributed by atoms with Gasteiger partial charge in [-0.25, -0.2) is 14.6 Å². The number of nitrogens with zero attached hydrogens (tertiary/aromatic N) is 2. The molecule has 10 heteroatoms. The third kappa shape index (κ3) is 6.32. The topological polar surface area (TPSA) is 102 Å². The summed E-state index contributed by atoms with van der Waals surface area (Å²) in [6.45, 7) is 4.82. The van der Waals surface area contributed by atoms with Crippen molar-refractivity contribution in [3.63, 3.8) is 0 Å². The Hall–Kier alpha value is -3.04. The molecule has 0 saturated carbocycles. The SMILES string of the molecule is COc1cc(Cn2ccnc2C(C)C)ccc1C(=O)O.O=C(O)C(F)(F)F. The van der Waals surface area contributed by atoms with Gasteiger partial charge in [0.15, 0.2) is 0 Å². The van der Waals surface area contributed by atoms with Gasteiger partial charge in [0.2, 0.25) is 0 Å². The van der Waals surface area contributed by atoms with Crippen LogP contribution in [-0.2, 0) is 11.3 Å². The lowest BCUT2D eigenvalue weighted by molar-refractivity contribution is -0.192. The summed E-state index contributed by atoms with van der Waals surface area (Å²) in [6.07, 6.45) is -1.38. The molecule has 0 aliphatic rings. The number of aliphatic carboxylic acids is 1. The Labute approximate surface area is 153 Å². The van der Waals surface area contributed by atoms with Gasteiger partial charge in [0.25, 0.3) is 0 Å². The Morgan fingerprint density at radius 2 is 1.85 bits per heavy atom. The van der Waals surface area contributed by atoms with Gasteiger partial charge in [0.1, 0.15) is 17.1 Å². The number of hydrogen-bond donors (Lipinski definition) is 2. The molecule has 1 aromatic heterocycles. The van der Waals surface area contributed by atoms with E-state index < -0.39 is 18.1 Å². The highest BCUT2D eigenvalue weighted by Crippen LogP contribution is 2.22. The first-order valence-corrected chi connectivity index (χ1v) is 7.68. The lowest BCUT2D eigenvalue weighted by Crippen LogP contribution is -2.21. The second-order valence-electron chi connectivity index (χ2n) is 5.71. The number of imidazole rings is 1. The molecule has 0 saturated heterocycles. The number of aromatic nitrogens is 2. The van der Waals surface area contributed by atoms with Crippen LogP contribution in [0.15, 0.2) is 30.6 Å².